The van der Waals surface area contributed by atoms with Crippen molar-refractivity contribution in [2.45, 2.75) is 26.8 Å². The van der Waals surface area contributed by atoms with E-state index in [1.54, 1.807) is 32.9 Å². The van der Waals surface area contributed by atoms with Gasteiger partial charge in [-0.2, -0.15) is 0 Å². The highest BCUT2D eigenvalue weighted by molar-refractivity contribution is 5.91. The van der Waals surface area contributed by atoms with E-state index in [1.807, 2.05) is 0 Å². The Hall–Kier alpha value is -1.91. The zero-order valence-electron chi connectivity index (χ0n) is 11.7. The summed E-state index contributed by atoms with van der Waals surface area (Å²) in [7, 11) is 0. The van der Waals surface area contributed by atoms with Gasteiger partial charge in [0.05, 0.1) is 17.9 Å². The molecule has 1 aromatic carbocycles. The van der Waals surface area contributed by atoms with E-state index in [-0.39, 0.29) is 17.8 Å². The predicted molar refractivity (Wildman–Crippen MR) is 71.4 cm³/mol. The lowest BCUT2D eigenvalue weighted by atomic mass is 10.1. The summed E-state index contributed by atoms with van der Waals surface area (Å²) in [6.07, 6.45) is 0. The van der Waals surface area contributed by atoms with Gasteiger partial charge in [0.15, 0.2) is 0 Å². The molecule has 4 nitrogen and oxygen atoms in total. The molecule has 3 atom stereocenters. The predicted octanol–water partition coefficient (Wildman–Crippen LogP) is 2.36. The molecule has 1 aliphatic rings. The largest absolute Gasteiger partial charge is 0.481 e. The number of hydrogen-bond donors (Lipinski definition) is 2. The summed E-state index contributed by atoms with van der Waals surface area (Å²) < 4.78 is 13.1. The first kappa shape index (κ1) is 14.5. The van der Waals surface area contributed by atoms with Crippen molar-refractivity contribution in [2.24, 2.45) is 17.3 Å². The van der Waals surface area contributed by atoms with Gasteiger partial charge in [-0.1, -0.05) is 26.0 Å². The highest BCUT2D eigenvalue weighted by Gasteiger charge is 2.65. The Morgan fingerprint density at radius 3 is 2.50 bits per heavy atom. The number of carbonyl (C=O) groups excluding carboxylic acids is 1. The van der Waals surface area contributed by atoms with E-state index in [0.717, 1.165) is 0 Å². The number of carboxylic acid groups (broad SMARTS) is 1. The van der Waals surface area contributed by atoms with E-state index in [0.29, 0.717) is 5.56 Å². The zero-order chi connectivity index (χ0) is 15.1. The minimum absolute atomic E-state index is 0.292. The van der Waals surface area contributed by atoms with Crippen molar-refractivity contribution in [1.82, 2.24) is 5.32 Å². The van der Waals surface area contributed by atoms with Crippen LogP contribution in [-0.4, -0.2) is 17.0 Å². The Kier molecular flexibility index (Phi) is 3.54. The molecule has 0 unspecified atom stereocenters. The van der Waals surface area contributed by atoms with Crippen LogP contribution in [0.15, 0.2) is 24.3 Å². The first-order valence-corrected chi connectivity index (χ1v) is 6.53. The first-order valence-electron chi connectivity index (χ1n) is 6.53. The van der Waals surface area contributed by atoms with Crippen molar-refractivity contribution >= 4 is 11.9 Å². The summed E-state index contributed by atoms with van der Waals surface area (Å²) in [5.74, 6) is -2.79. The maximum Gasteiger partial charge on any atom is 0.307 e. The maximum atomic E-state index is 13.1. The quantitative estimate of drug-likeness (QED) is 0.889. The molecule has 0 bridgehead atoms. The van der Waals surface area contributed by atoms with Crippen molar-refractivity contribution in [3.05, 3.63) is 35.6 Å². The van der Waals surface area contributed by atoms with E-state index in [9.17, 15) is 14.0 Å². The molecule has 0 saturated heterocycles. The van der Waals surface area contributed by atoms with Gasteiger partial charge in [0.1, 0.15) is 5.82 Å². The lowest BCUT2D eigenvalue weighted by molar-refractivity contribution is -0.140. The molecule has 1 aromatic rings. The van der Waals surface area contributed by atoms with Crippen LogP contribution in [0.3, 0.4) is 0 Å². The molecule has 108 valence electrons. The van der Waals surface area contributed by atoms with Crippen molar-refractivity contribution in [3.63, 3.8) is 0 Å². The fourth-order valence-corrected chi connectivity index (χ4v) is 2.75. The second-order valence-corrected chi connectivity index (χ2v) is 5.90. The number of rotatable bonds is 4. The molecule has 5 heteroatoms. The number of carbonyl (C=O) groups is 2. The molecule has 1 amide bonds. The topological polar surface area (TPSA) is 66.4 Å². The molecule has 0 aromatic heterocycles. The molecule has 2 rings (SSSR count). The van der Waals surface area contributed by atoms with Gasteiger partial charge in [-0.05, 0) is 30.0 Å². The Labute approximate surface area is 117 Å². The van der Waals surface area contributed by atoms with E-state index in [4.69, 9.17) is 5.11 Å². The van der Waals surface area contributed by atoms with Crippen LogP contribution in [0.1, 0.15) is 32.4 Å². The summed E-state index contributed by atoms with van der Waals surface area (Å²) >= 11 is 0. The molecule has 1 aliphatic carbocycles. The van der Waals surface area contributed by atoms with Crippen molar-refractivity contribution < 1.29 is 19.1 Å². The molecule has 0 aliphatic heterocycles. The fraction of sp³-hybridized carbons (Fsp3) is 0.467. The number of amides is 1. The van der Waals surface area contributed by atoms with Gasteiger partial charge in [-0.15, -0.1) is 0 Å². The van der Waals surface area contributed by atoms with E-state index >= 15 is 0 Å². The normalized spacial score (nSPS) is 24.8. The Bertz CT molecular complexity index is 556. The number of hydrogen-bond acceptors (Lipinski definition) is 2. The third-order valence-corrected chi connectivity index (χ3v) is 4.08. The number of aliphatic carboxylic acids is 1. The number of carboxylic acids is 1. The smallest absolute Gasteiger partial charge is 0.307 e. The van der Waals surface area contributed by atoms with E-state index in [1.165, 1.54) is 12.1 Å². The molecule has 0 spiro atoms. The van der Waals surface area contributed by atoms with Gasteiger partial charge < -0.3 is 10.4 Å². The number of benzene rings is 1. The standard InChI is InChI=1S/C15H18FNO3/c1-8(9-5-4-6-10(16)7-9)17-13(18)11-12(14(19)20)15(11,2)3/h4-8,11-12H,1-3H3,(H,17,18)(H,19,20)/t8-,11-,12+/m1/s1. The number of halogens is 1. The minimum Gasteiger partial charge on any atom is -0.481 e. The van der Waals surface area contributed by atoms with Crippen molar-refractivity contribution in [3.8, 4) is 0 Å². The SMILES string of the molecule is C[C@@H](NC(=O)[C@H]1[C@@H](C(=O)O)C1(C)C)c1cccc(F)c1. The second kappa shape index (κ2) is 4.89. The first-order chi connectivity index (χ1) is 9.25. The lowest BCUT2D eigenvalue weighted by Crippen LogP contribution is -2.30. The van der Waals surface area contributed by atoms with E-state index < -0.39 is 23.2 Å². The van der Waals surface area contributed by atoms with Crippen LogP contribution in [0.4, 0.5) is 4.39 Å². The highest BCUT2D eigenvalue weighted by atomic mass is 19.1. The summed E-state index contributed by atoms with van der Waals surface area (Å²) in [4.78, 5) is 23.2. The van der Waals surface area contributed by atoms with Crippen LogP contribution in [0.2, 0.25) is 0 Å². The fourth-order valence-electron chi connectivity index (χ4n) is 2.75. The van der Waals surface area contributed by atoms with Gasteiger partial charge >= 0.3 is 5.97 Å². The molecule has 20 heavy (non-hydrogen) atoms. The average molecular weight is 279 g/mol. The Balaban J connectivity index is 2.04. The van der Waals surface area contributed by atoms with Crippen LogP contribution in [0.5, 0.6) is 0 Å². The summed E-state index contributed by atoms with van der Waals surface area (Å²) in [5, 5.41) is 11.8. The molecular weight excluding hydrogens is 261 g/mol. The summed E-state index contributed by atoms with van der Waals surface area (Å²) in [6.45, 7) is 5.28. The molecule has 1 fully saturated rings. The number of nitrogens with one attached hydrogen (secondary N) is 1. The van der Waals surface area contributed by atoms with Crippen LogP contribution in [0, 0.1) is 23.1 Å². The van der Waals surface area contributed by atoms with Crippen LogP contribution in [0.25, 0.3) is 0 Å². The Morgan fingerprint density at radius 2 is 2.00 bits per heavy atom. The van der Waals surface area contributed by atoms with Gasteiger partial charge in [-0.25, -0.2) is 4.39 Å². The van der Waals surface area contributed by atoms with Crippen LogP contribution < -0.4 is 5.32 Å². The third kappa shape index (κ3) is 2.53. The summed E-state index contributed by atoms with van der Waals surface area (Å²) in [5.41, 5.74) is 0.126. The molecule has 0 heterocycles. The van der Waals surface area contributed by atoms with Crippen molar-refractivity contribution in [2.75, 3.05) is 0 Å². The van der Waals surface area contributed by atoms with Crippen LogP contribution in [-0.2, 0) is 9.59 Å². The second-order valence-electron chi connectivity index (χ2n) is 5.90. The lowest BCUT2D eigenvalue weighted by Gasteiger charge is -2.15. The van der Waals surface area contributed by atoms with Gasteiger partial charge in [0, 0.05) is 0 Å². The van der Waals surface area contributed by atoms with Gasteiger partial charge in [0.25, 0.3) is 0 Å². The van der Waals surface area contributed by atoms with Crippen molar-refractivity contribution in [1.29, 1.82) is 0 Å². The minimum atomic E-state index is -0.950. The Morgan fingerprint density at radius 1 is 1.35 bits per heavy atom. The van der Waals surface area contributed by atoms with Crippen LogP contribution >= 0.6 is 0 Å². The maximum absolute atomic E-state index is 13.1. The molecule has 2 N–H and O–H groups in total. The highest BCUT2D eigenvalue weighted by Crippen LogP contribution is 2.58. The zero-order valence-corrected chi connectivity index (χ0v) is 11.7. The van der Waals surface area contributed by atoms with E-state index in [2.05, 4.69) is 5.32 Å². The van der Waals surface area contributed by atoms with Gasteiger partial charge in [-0.3, -0.25) is 9.59 Å². The molecular formula is C15H18FNO3. The van der Waals surface area contributed by atoms with Gasteiger partial charge in [0.2, 0.25) is 5.91 Å². The monoisotopic (exact) mass is 279 g/mol. The summed E-state index contributed by atoms with van der Waals surface area (Å²) in [6, 6.07) is 5.64. The molecule has 1 saturated carbocycles. The average Bonchev–Trinajstić information content (AvgIpc) is 2.92. The molecule has 0 radical (unpaired) electrons. The third-order valence-electron chi connectivity index (χ3n) is 4.08.